The molecular weight excluding hydrogens is 519 g/mol. The normalized spacial score (nSPS) is 11.3. The second-order valence-electron chi connectivity index (χ2n) is 8.82. The maximum atomic E-state index is 13.5. The Morgan fingerprint density at radius 2 is 1.71 bits per heavy atom. The number of aromatic nitrogens is 2. The van der Waals surface area contributed by atoms with Crippen molar-refractivity contribution < 1.29 is 4.74 Å². The summed E-state index contributed by atoms with van der Waals surface area (Å²) in [5.74, 6) is 1.04. The third-order valence-corrected chi connectivity index (χ3v) is 6.60. The van der Waals surface area contributed by atoms with Crippen LogP contribution >= 0.6 is 23.2 Å². The minimum absolute atomic E-state index is 0.237. The van der Waals surface area contributed by atoms with E-state index >= 15 is 0 Å². The van der Waals surface area contributed by atoms with Gasteiger partial charge in [0.25, 0.3) is 5.56 Å². The lowest BCUT2D eigenvalue weighted by Gasteiger charge is -2.16. The van der Waals surface area contributed by atoms with Crippen LogP contribution in [0.15, 0.2) is 101 Å². The van der Waals surface area contributed by atoms with E-state index in [1.54, 1.807) is 24.4 Å². The molecule has 0 aliphatic rings. The van der Waals surface area contributed by atoms with E-state index in [4.69, 9.17) is 32.9 Å². The van der Waals surface area contributed by atoms with Gasteiger partial charge in [0.1, 0.15) is 12.4 Å². The molecule has 38 heavy (non-hydrogen) atoms. The summed E-state index contributed by atoms with van der Waals surface area (Å²) in [7, 11) is 3.91. The molecule has 0 amide bonds. The molecule has 0 N–H and O–H groups in total. The molecule has 0 fully saturated rings. The van der Waals surface area contributed by atoms with Gasteiger partial charge in [-0.2, -0.15) is 9.78 Å². The van der Waals surface area contributed by atoms with Gasteiger partial charge >= 0.3 is 0 Å². The van der Waals surface area contributed by atoms with Gasteiger partial charge in [0.05, 0.1) is 17.1 Å². The second-order valence-corrected chi connectivity index (χ2v) is 9.66. The number of hydrogen-bond acceptors (Lipinski definition) is 5. The fourth-order valence-corrected chi connectivity index (χ4v) is 4.42. The van der Waals surface area contributed by atoms with E-state index in [0.717, 1.165) is 16.8 Å². The highest BCUT2D eigenvalue weighted by molar-refractivity contribution is 6.35. The number of rotatable bonds is 7. The molecule has 4 aromatic carbocycles. The van der Waals surface area contributed by atoms with E-state index in [0.29, 0.717) is 38.1 Å². The summed E-state index contributed by atoms with van der Waals surface area (Å²) in [6, 6.07) is 27.9. The quantitative estimate of drug-likeness (QED) is 0.210. The smallest absolute Gasteiger partial charge is 0.282 e. The maximum Gasteiger partial charge on any atom is 0.282 e. The van der Waals surface area contributed by atoms with Crippen molar-refractivity contribution in [3.63, 3.8) is 0 Å². The molecule has 5 aromatic rings. The van der Waals surface area contributed by atoms with Crippen LogP contribution in [-0.2, 0) is 6.61 Å². The number of hydrogen-bond donors (Lipinski definition) is 0. The first-order valence-corrected chi connectivity index (χ1v) is 12.7. The van der Waals surface area contributed by atoms with Crippen molar-refractivity contribution in [3.8, 4) is 17.1 Å². The van der Waals surface area contributed by atoms with Crippen LogP contribution in [0.25, 0.3) is 22.3 Å². The lowest BCUT2D eigenvalue weighted by Crippen LogP contribution is -2.20. The maximum absolute atomic E-state index is 13.5. The SMILES string of the molecule is CN(C)c1ccc(C=Nn2c(-c3ccccc3)nc3ccccc3c2=O)c(OCc2ccc(Cl)cc2Cl)c1. The number of benzene rings is 4. The first kappa shape index (κ1) is 25.5. The molecule has 0 aliphatic heterocycles. The Morgan fingerprint density at radius 1 is 0.947 bits per heavy atom. The van der Waals surface area contributed by atoms with Gasteiger partial charge in [-0.1, -0.05) is 71.7 Å². The highest BCUT2D eigenvalue weighted by Crippen LogP contribution is 2.27. The van der Waals surface area contributed by atoms with Crippen molar-refractivity contribution in [2.45, 2.75) is 6.61 Å². The first-order chi connectivity index (χ1) is 18.4. The Balaban J connectivity index is 1.58. The van der Waals surface area contributed by atoms with Gasteiger partial charge in [-0.25, -0.2) is 4.98 Å². The molecule has 0 bridgehead atoms. The van der Waals surface area contributed by atoms with Crippen LogP contribution in [0.4, 0.5) is 5.69 Å². The molecular formula is C30H24Cl2N4O2. The first-order valence-electron chi connectivity index (χ1n) is 11.9. The van der Waals surface area contributed by atoms with Crippen molar-refractivity contribution in [3.05, 3.63) is 123 Å². The van der Waals surface area contributed by atoms with Crippen LogP contribution in [0.5, 0.6) is 5.75 Å². The molecule has 0 aliphatic carbocycles. The van der Waals surface area contributed by atoms with Gasteiger partial charge < -0.3 is 9.64 Å². The zero-order valence-corrected chi connectivity index (χ0v) is 22.3. The average molecular weight is 543 g/mol. The van der Waals surface area contributed by atoms with E-state index < -0.39 is 0 Å². The Bertz CT molecular complexity index is 1700. The Labute approximate surface area is 230 Å². The van der Waals surface area contributed by atoms with Crippen molar-refractivity contribution >= 4 is 46.0 Å². The summed E-state index contributed by atoms with van der Waals surface area (Å²) in [4.78, 5) is 20.2. The monoisotopic (exact) mass is 542 g/mol. The summed E-state index contributed by atoms with van der Waals surface area (Å²) in [5, 5.41) is 6.17. The van der Waals surface area contributed by atoms with E-state index in [-0.39, 0.29) is 12.2 Å². The largest absolute Gasteiger partial charge is 0.488 e. The zero-order chi connectivity index (χ0) is 26.6. The van der Waals surface area contributed by atoms with Gasteiger partial charge in [0, 0.05) is 52.6 Å². The molecule has 5 rings (SSSR count). The van der Waals surface area contributed by atoms with Crippen LogP contribution in [0.3, 0.4) is 0 Å². The van der Waals surface area contributed by atoms with Gasteiger partial charge in [-0.05, 0) is 36.4 Å². The third kappa shape index (κ3) is 5.42. The molecule has 0 radical (unpaired) electrons. The van der Waals surface area contributed by atoms with Gasteiger partial charge in [0.15, 0.2) is 5.82 Å². The van der Waals surface area contributed by atoms with Crippen LogP contribution in [0.2, 0.25) is 10.0 Å². The molecule has 8 heteroatoms. The average Bonchev–Trinajstić information content (AvgIpc) is 2.92. The second kappa shape index (κ2) is 11.1. The number of fused-ring (bicyclic) bond motifs is 1. The number of nitrogens with zero attached hydrogens (tertiary/aromatic N) is 4. The van der Waals surface area contributed by atoms with E-state index in [1.807, 2.05) is 91.8 Å². The van der Waals surface area contributed by atoms with Crippen LogP contribution in [0, 0.1) is 0 Å². The number of anilines is 1. The van der Waals surface area contributed by atoms with E-state index in [1.165, 1.54) is 4.68 Å². The Hall–Kier alpha value is -4.13. The van der Waals surface area contributed by atoms with Gasteiger partial charge in [0.2, 0.25) is 0 Å². The summed E-state index contributed by atoms with van der Waals surface area (Å²) in [6.45, 7) is 0.237. The van der Waals surface area contributed by atoms with E-state index in [2.05, 4.69) is 5.10 Å². The molecule has 0 unspecified atom stereocenters. The van der Waals surface area contributed by atoms with Gasteiger partial charge in [-0.3, -0.25) is 4.79 Å². The highest BCUT2D eigenvalue weighted by Gasteiger charge is 2.13. The minimum atomic E-state index is -0.258. The third-order valence-electron chi connectivity index (χ3n) is 6.01. The molecule has 0 atom stereocenters. The number of ether oxygens (including phenoxy) is 1. The van der Waals surface area contributed by atoms with Crippen molar-refractivity contribution in [2.24, 2.45) is 5.10 Å². The fraction of sp³-hybridized carbons (Fsp3) is 0.100. The molecule has 1 heterocycles. The standard InChI is InChI=1S/C30H24Cl2N4O2/c1-35(2)24-15-13-21(28(17-24)38-19-22-12-14-23(31)16-26(22)32)18-33-36-29(20-8-4-3-5-9-20)34-27-11-7-6-10-25(27)30(36)37/h3-18H,19H2,1-2H3. The summed E-state index contributed by atoms with van der Waals surface area (Å²) < 4.78 is 7.52. The summed E-state index contributed by atoms with van der Waals surface area (Å²) in [6.07, 6.45) is 1.61. The predicted molar refractivity (Wildman–Crippen MR) is 156 cm³/mol. The van der Waals surface area contributed by atoms with Gasteiger partial charge in [-0.15, -0.1) is 0 Å². The summed E-state index contributed by atoms with van der Waals surface area (Å²) >= 11 is 12.4. The van der Waals surface area contributed by atoms with Crippen molar-refractivity contribution in [1.29, 1.82) is 0 Å². The van der Waals surface area contributed by atoms with Crippen LogP contribution < -0.4 is 15.2 Å². The van der Waals surface area contributed by atoms with E-state index in [9.17, 15) is 4.79 Å². The molecule has 6 nitrogen and oxygen atoms in total. The fourth-order valence-electron chi connectivity index (χ4n) is 3.95. The van der Waals surface area contributed by atoms with Crippen LogP contribution in [-0.4, -0.2) is 30.0 Å². The number of halogens is 2. The van der Waals surface area contributed by atoms with Crippen LogP contribution in [0.1, 0.15) is 11.1 Å². The lowest BCUT2D eigenvalue weighted by atomic mass is 10.1. The molecule has 0 saturated carbocycles. The lowest BCUT2D eigenvalue weighted by molar-refractivity contribution is 0.306. The zero-order valence-electron chi connectivity index (χ0n) is 20.8. The van der Waals surface area contributed by atoms with Crippen molar-refractivity contribution in [1.82, 2.24) is 9.66 Å². The Kier molecular flexibility index (Phi) is 7.45. The Morgan fingerprint density at radius 3 is 2.47 bits per heavy atom. The van der Waals surface area contributed by atoms with Crippen molar-refractivity contribution in [2.75, 3.05) is 19.0 Å². The topological polar surface area (TPSA) is 59.7 Å². The minimum Gasteiger partial charge on any atom is -0.488 e. The summed E-state index contributed by atoms with van der Waals surface area (Å²) in [5.41, 5.74) is 3.58. The molecule has 0 spiro atoms. The number of para-hydroxylation sites is 1. The predicted octanol–water partition coefficient (Wildman–Crippen LogP) is 6.90. The molecule has 0 saturated heterocycles. The highest BCUT2D eigenvalue weighted by atomic mass is 35.5. The molecule has 1 aromatic heterocycles. The molecule has 190 valence electrons.